The third-order valence-electron chi connectivity index (χ3n) is 7.72. The van der Waals surface area contributed by atoms with E-state index in [-0.39, 0.29) is 63.5 Å². The number of benzene rings is 2. The van der Waals surface area contributed by atoms with Crippen LogP contribution in [0.3, 0.4) is 0 Å². The lowest BCUT2D eigenvalue weighted by atomic mass is 9.69. The smallest absolute Gasteiger partial charge is 0.383 e. The van der Waals surface area contributed by atoms with Gasteiger partial charge in [0.1, 0.15) is 19.5 Å². The molecule has 0 spiro atoms. The van der Waals surface area contributed by atoms with Gasteiger partial charge in [-0.2, -0.15) is 23.5 Å². The molecule has 2 aliphatic heterocycles. The topological polar surface area (TPSA) is 67.7 Å². The molecular weight excluding hydrogens is 581 g/mol. The first-order valence-corrected chi connectivity index (χ1v) is 14.4. The number of rotatable bonds is 5. The first-order valence-electron chi connectivity index (χ1n) is 13.4. The minimum atomic E-state index is -4.78. The van der Waals surface area contributed by atoms with Gasteiger partial charge in [-0.25, -0.2) is 9.18 Å². The lowest BCUT2D eigenvalue weighted by Crippen LogP contribution is -2.59. The Morgan fingerprint density at radius 3 is 2.30 bits per heavy atom. The van der Waals surface area contributed by atoms with Gasteiger partial charge in [0.2, 0.25) is 5.91 Å². The first-order chi connectivity index (χ1) is 20.2. The number of amides is 1. The summed E-state index contributed by atoms with van der Waals surface area (Å²) in [6.07, 6.45) is -4.78. The van der Waals surface area contributed by atoms with E-state index in [1.165, 1.54) is 40.5 Å². The van der Waals surface area contributed by atoms with Gasteiger partial charge in [0.15, 0.2) is 0 Å². The highest BCUT2D eigenvalue weighted by atomic mass is 32.2. The maximum absolute atomic E-state index is 14.7. The zero-order valence-corrected chi connectivity index (χ0v) is 24.4. The molecule has 3 atom stereocenters. The Morgan fingerprint density at radius 2 is 1.74 bits per heavy atom. The third kappa shape index (κ3) is 5.61. The highest BCUT2D eigenvalue weighted by Gasteiger charge is 2.40. The molecule has 218 valence electrons. The standard InChI is InChI=1S/C28H25B3F4N4O3S/c1-13-9-37(10-14(2)38(13)26(40)21(29)24(30)31)25-18-8-19(28(33,34)35)20(15-4-6-16(32)7-5-15)23-22(18)39(27(41)36-25)17(11-42-3)12-43-23/h4-8,13-14,17H,9-12H2,1-3H3. The summed E-state index contributed by atoms with van der Waals surface area (Å²) in [7, 11) is 18.3. The van der Waals surface area contributed by atoms with E-state index in [2.05, 4.69) is 4.98 Å². The molecule has 3 aromatic rings. The van der Waals surface area contributed by atoms with Gasteiger partial charge in [-0.3, -0.25) is 9.36 Å². The summed E-state index contributed by atoms with van der Waals surface area (Å²) >= 11 is 1.19. The quantitative estimate of drug-likeness (QED) is 0.252. The highest BCUT2D eigenvalue weighted by Crippen LogP contribution is 2.50. The predicted octanol–water partition coefficient (Wildman–Crippen LogP) is 3.61. The van der Waals surface area contributed by atoms with Gasteiger partial charge in [-0.1, -0.05) is 17.6 Å². The molecule has 7 nitrogen and oxygen atoms in total. The summed E-state index contributed by atoms with van der Waals surface area (Å²) in [5.74, 6) is -0.817. The van der Waals surface area contributed by atoms with Crippen molar-refractivity contribution in [2.75, 3.05) is 37.5 Å². The fraction of sp³-hybridized carbons (Fsp3) is 0.393. The molecule has 0 aliphatic carbocycles. The van der Waals surface area contributed by atoms with Crippen LogP contribution in [-0.2, 0) is 15.7 Å². The third-order valence-corrected chi connectivity index (χ3v) is 8.96. The largest absolute Gasteiger partial charge is 0.417 e. The number of anilines is 1. The number of methoxy groups -OCH3 is 1. The summed E-state index contributed by atoms with van der Waals surface area (Å²) < 4.78 is 64.7. The molecule has 1 aromatic heterocycles. The Hall–Kier alpha value is -3.19. The van der Waals surface area contributed by atoms with Crippen LogP contribution in [-0.4, -0.2) is 88.5 Å². The SMILES string of the molecule is [B]C([B])=C([B])C(=O)N1C(C)CN(c2nc(=O)n3c4c(c(-c5ccc(F)cc5)c(C(F)(F)F)cc24)SCC3COC)CC1C. The Balaban J connectivity index is 1.75. The number of hydrogen-bond donors (Lipinski definition) is 0. The summed E-state index contributed by atoms with van der Waals surface area (Å²) in [6, 6.07) is 4.33. The Morgan fingerprint density at radius 1 is 1.12 bits per heavy atom. The first kappa shape index (κ1) is 31.2. The monoisotopic (exact) mass is 606 g/mol. The van der Waals surface area contributed by atoms with Crippen molar-refractivity contribution >= 4 is 57.9 Å². The van der Waals surface area contributed by atoms with Gasteiger partial charge in [-0.05, 0) is 37.6 Å². The van der Waals surface area contributed by atoms with Crippen molar-refractivity contribution in [2.24, 2.45) is 0 Å². The molecule has 3 heterocycles. The summed E-state index contributed by atoms with van der Waals surface area (Å²) in [6.45, 7) is 3.92. The number of thioether (sulfide) groups is 1. The number of nitrogens with zero attached hydrogens (tertiary/aromatic N) is 4. The molecule has 0 saturated carbocycles. The van der Waals surface area contributed by atoms with Crippen LogP contribution in [0.15, 0.2) is 50.9 Å². The number of piperazine rings is 1. The average molecular weight is 606 g/mol. The number of aromatic nitrogens is 2. The normalized spacial score (nSPS) is 20.4. The molecule has 1 saturated heterocycles. The van der Waals surface area contributed by atoms with E-state index < -0.39 is 47.3 Å². The van der Waals surface area contributed by atoms with E-state index in [1.807, 2.05) is 0 Å². The molecule has 2 aliphatic rings. The number of carbonyl (C=O) groups is 1. The van der Waals surface area contributed by atoms with Crippen molar-refractivity contribution in [3.63, 3.8) is 0 Å². The Kier molecular flexibility index (Phi) is 8.52. The maximum Gasteiger partial charge on any atom is 0.417 e. The highest BCUT2D eigenvalue weighted by molar-refractivity contribution is 7.99. The summed E-state index contributed by atoms with van der Waals surface area (Å²) in [4.78, 5) is 34.4. The molecule has 5 rings (SSSR count). The number of carbonyl (C=O) groups excluding carboxylic acids is 1. The van der Waals surface area contributed by atoms with Gasteiger partial charge in [0.05, 0.1) is 39.4 Å². The van der Waals surface area contributed by atoms with E-state index >= 15 is 0 Å². The molecule has 2 aromatic carbocycles. The van der Waals surface area contributed by atoms with Crippen LogP contribution in [0.25, 0.3) is 22.0 Å². The second kappa shape index (κ2) is 11.7. The van der Waals surface area contributed by atoms with Crippen molar-refractivity contribution in [3.05, 3.63) is 63.0 Å². The van der Waals surface area contributed by atoms with Crippen molar-refractivity contribution in [1.82, 2.24) is 14.5 Å². The van der Waals surface area contributed by atoms with Gasteiger partial charge >= 0.3 is 11.9 Å². The van der Waals surface area contributed by atoms with Crippen LogP contribution in [0.1, 0.15) is 25.5 Å². The van der Waals surface area contributed by atoms with E-state index in [0.717, 1.165) is 18.2 Å². The molecule has 1 fully saturated rings. The van der Waals surface area contributed by atoms with Crippen molar-refractivity contribution in [2.45, 2.75) is 43.0 Å². The lowest BCUT2D eigenvalue weighted by molar-refractivity contribution is -0.137. The van der Waals surface area contributed by atoms with Crippen LogP contribution in [0, 0.1) is 5.82 Å². The molecular formula is C28H25B3F4N4O3S. The molecule has 0 N–H and O–H groups in total. The predicted molar refractivity (Wildman–Crippen MR) is 160 cm³/mol. The zero-order chi connectivity index (χ0) is 31.4. The number of ether oxygens (including phenoxy) is 1. The second-order valence-electron chi connectivity index (χ2n) is 10.7. The van der Waals surface area contributed by atoms with Crippen LogP contribution in [0.2, 0.25) is 0 Å². The Labute approximate surface area is 253 Å². The van der Waals surface area contributed by atoms with Crippen molar-refractivity contribution in [3.8, 4) is 11.1 Å². The van der Waals surface area contributed by atoms with E-state index in [0.29, 0.717) is 5.52 Å². The number of halogens is 4. The van der Waals surface area contributed by atoms with Crippen LogP contribution in [0.5, 0.6) is 0 Å². The fourth-order valence-corrected chi connectivity index (χ4v) is 7.25. The zero-order valence-electron chi connectivity index (χ0n) is 23.6. The summed E-state index contributed by atoms with van der Waals surface area (Å²) in [5.41, 5.74) is -1.54. The number of hydrogen-bond acceptors (Lipinski definition) is 6. The molecule has 43 heavy (non-hydrogen) atoms. The molecule has 6 radical (unpaired) electrons. The van der Waals surface area contributed by atoms with Crippen LogP contribution < -0.4 is 10.6 Å². The van der Waals surface area contributed by atoms with E-state index in [9.17, 15) is 27.2 Å². The van der Waals surface area contributed by atoms with Gasteiger partial charge in [0.25, 0.3) is 0 Å². The molecule has 1 amide bonds. The molecule has 0 bridgehead atoms. The van der Waals surface area contributed by atoms with Gasteiger partial charge in [-0.15, -0.1) is 11.8 Å². The molecule has 3 unspecified atom stereocenters. The number of alkyl halides is 3. The Bertz CT molecular complexity index is 1670. The van der Waals surface area contributed by atoms with Gasteiger partial charge < -0.3 is 14.5 Å². The summed E-state index contributed by atoms with van der Waals surface area (Å²) in [5, 5.41) is -0.185. The minimum Gasteiger partial charge on any atom is -0.383 e. The lowest BCUT2D eigenvalue weighted by Gasteiger charge is -2.45. The van der Waals surface area contributed by atoms with Gasteiger partial charge in [0, 0.05) is 53.9 Å². The fourth-order valence-electron chi connectivity index (χ4n) is 5.93. The van der Waals surface area contributed by atoms with Crippen LogP contribution in [0.4, 0.5) is 23.4 Å². The van der Waals surface area contributed by atoms with E-state index in [1.54, 1.807) is 18.7 Å². The maximum atomic E-state index is 14.7. The minimum absolute atomic E-state index is 0.0694. The average Bonchev–Trinajstić information content (AvgIpc) is 2.94. The second-order valence-corrected chi connectivity index (χ2v) is 11.8. The molecule has 15 heteroatoms. The van der Waals surface area contributed by atoms with Crippen molar-refractivity contribution in [1.29, 1.82) is 0 Å². The van der Waals surface area contributed by atoms with Crippen molar-refractivity contribution < 1.29 is 27.1 Å². The van der Waals surface area contributed by atoms with E-state index in [4.69, 9.17) is 28.3 Å². The van der Waals surface area contributed by atoms with Crippen LogP contribution >= 0.6 is 11.8 Å².